The van der Waals surface area contributed by atoms with Crippen molar-refractivity contribution in [3.8, 4) is 5.75 Å². The average molecular weight is 319 g/mol. The summed E-state index contributed by atoms with van der Waals surface area (Å²) in [6.45, 7) is 7.25. The summed E-state index contributed by atoms with van der Waals surface area (Å²) in [6, 6.07) is 5.80. The van der Waals surface area contributed by atoms with Crippen molar-refractivity contribution in [3.05, 3.63) is 29.3 Å². The first-order valence-electron chi connectivity index (χ1n) is 8.16. The molecule has 0 spiro atoms. The third-order valence-corrected chi connectivity index (χ3v) is 4.30. The highest BCUT2D eigenvalue weighted by Crippen LogP contribution is 2.21. The molecule has 1 fully saturated rings. The predicted molar refractivity (Wildman–Crippen MR) is 87.3 cm³/mol. The fourth-order valence-electron chi connectivity index (χ4n) is 2.77. The number of aryl methyl sites for hydroxylation is 1. The smallest absolute Gasteiger partial charge is 0.310 e. The van der Waals surface area contributed by atoms with Crippen LogP contribution in [0.15, 0.2) is 18.2 Å². The van der Waals surface area contributed by atoms with Gasteiger partial charge in [-0.3, -0.25) is 9.59 Å². The first-order valence-corrected chi connectivity index (χ1v) is 8.16. The van der Waals surface area contributed by atoms with E-state index in [0.29, 0.717) is 19.7 Å². The maximum absolute atomic E-state index is 12.3. The van der Waals surface area contributed by atoms with Crippen LogP contribution in [0.4, 0.5) is 0 Å². The van der Waals surface area contributed by atoms with Crippen LogP contribution in [0.3, 0.4) is 0 Å². The number of rotatable bonds is 5. The summed E-state index contributed by atoms with van der Waals surface area (Å²) in [5, 5.41) is 0. The van der Waals surface area contributed by atoms with Gasteiger partial charge in [0.1, 0.15) is 5.75 Å². The predicted octanol–water partition coefficient (Wildman–Crippen LogP) is 2.48. The molecule has 0 bridgehead atoms. The lowest BCUT2D eigenvalue weighted by molar-refractivity contribution is -0.151. The number of carbonyl (C=O) groups is 2. The topological polar surface area (TPSA) is 55.8 Å². The van der Waals surface area contributed by atoms with Crippen LogP contribution in [0.25, 0.3) is 0 Å². The van der Waals surface area contributed by atoms with Crippen LogP contribution < -0.4 is 4.74 Å². The van der Waals surface area contributed by atoms with E-state index in [2.05, 4.69) is 0 Å². The highest BCUT2D eigenvalue weighted by molar-refractivity contribution is 5.79. The minimum absolute atomic E-state index is 0.000160. The molecule has 1 aliphatic heterocycles. The normalized spacial score (nSPS) is 17.7. The molecule has 0 unspecified atom stereocenters. The lowest BCUT2D eigenvalue weighted by Gasteiger charge is -2.31. The molecule has 0 aliphatic carbocycles. The Morgan fingerprint density at radius 1 is 1.30 bits per heavy atom. The van der Waals surface area contributed by atoms with Gasteiger partial charge in [-0.2, -0.15) is 0 Å². The molecule has 2 rings (SSSR count). The summed E-state index contributed by atoms with van der Waals surface area (Å²) in [6.07, 6.45) is 1.60. The van der Waals surface area contributed by atoms with Crippen LogP contribution in [0.2, 0.25) is 0 Å². The number of amides is 1. The first kappa shape index (κ1) is 17.3. The minimum Gasteiger partial charge on any atom is -0.483 e. The molecule has 1 atom stereocenters. The molecule has 1 heterocycles. The lowest BCUT2D eigenvalue weighted by Crippen LogP contribution is -2.44. The average Bonchev–Trinajstić information content (AvgIpc) is 2.56. The zero-order valence-electron chi connectivity index (χ0n) is 14.1. The van der Waals surface area contributed by atoms with Gasteiger partial charge in [-0.15, -0.1) is 0 Å². The maximum Gasteiger partial charge on any atom is 0.310 e. The van der Waals surface area contributed by atoms with E-state index >= 15 is 0 Å². The van der Waals surface area contributed by atoms with E-state index in [9.17, 15) is 9.59 Å². The second kappa shape index (κ2) is 7.99. The number of ether oxygens (including phenoxy) is 2. The zero-order chi connectivity index (χ0) is 16.8. The number of esters is 1. The molecule has 1 aromatic carbocycles. The fraction of sp³-hybridized carbons (Fsp3) is 0.556. The van der Waals surface area contributed by atoms with E-state index in [-0.39, 0.29) is 24.4 Å². The third-order valence-electron chi connectivity index (χ3n) is 4.30. The van der Waals surface area contributed by atoms with Crippen LogP contribution in [0, 0.1) is 19.8 Å². The molecule has 1 amide bonds. The second-order valence-electron chi connectivity index (χ2n) is 5.92. The summed E-state index contributed by atoms with van der Waals surface area (Å²) >= 11 is 0. The Bertz CT molecular complexity index is 570. The number of benzene rings is 1. The van der Waals surface area contributed by atoms with Crippen molar-refractivity contribution in [3.63, 3.8) is 0 Å². The van der Waals surface area contributed by atoms with Crippen LogP contribution in [0.1, 0.15) is 30.9 Å². The van der Waals surface area contributed by atoms with Gasteiger partial charge in [0.2, 0.25) is 0 Å². The van der Waals surface area contributed by atoms with Crippen molar-refractivity contribution in [1.29, 1.82) is 0 Å². The van der Waals surface area contributed by atoms with Crippen LogP contribution in [-0.2, 0) is 14.3 Å². The lowest BCUT2D eigenvalue weighted by atomic mass is 9.98. The van der Waals surface area contributed by atoms with E-state index in [0.717, 1.165) is 29.7 Å². The SMILES string of the molecule is CCOC(=O)[C@@H]1CCCN(C(=O)COc2cccc(C)c2C)C1. The molecule has 0 aromatic heterocycles. The number of nitrogens with zero attached hydrogens (tertiary/aromatic N) is 1. The van der Waals surface area contributed by atoms with Crippen molar-refractivity contribution >= 4 is 11.9 Å². The molecule has 5 heteroatoms. The molecule has 126 valence electrons. The van der Waals surface area contributed by atoms with Crippen LogP contribution in [0.5, 0.6) is 5.75 Å². The van der Waals surface area contributed by atoms with Crippen molar-refractivity contribution in [2.24, 2.45) is 5.92 Å². The highest BCUT2D eigenvalue weighted by Gasteiger charge is 2.29. The summed E-state index contributed by atoms with van der Waals surface area (Å²) in [5.74, 6) is 0.228. The molecule has 5 nitrogen and oxygen atoms in total. The van der Waals surface area contributed by atoms with E-state index in [4.69, 9.17) is 9.47 Å². The largest absolute Gasteiger partial charge is 0.483 e. The van der Waals surface area contributed by atoms with Crippen LogP contribution >= 0.6 is 0 Å². The first-order chi connectivity index (χ1) is 11.0. The van der Waals surface area contributed by atoms with E-state index in [1.165, 1.54) is 0 Å². The van der Waals surface area contributed by atoms with Crippen molar-refractivity contribution in [1.82, 2.24) is 4.90 Å². The second-order valence-corrected chi connectivity index (χ2v) is 5.92. The Morgan fingerprint density at radius 3 is 2.83 bits per heavy atom. The molecule has 1 saturated heterocycles. The quantitative estimate of drug-likeness (QED) is 0.783. The number of hydrogen-bond acceptors (Lipinski definition) is 4. The fourth-order valence-corrected chi connectivity index (χ4v) is 2.77. The molecule has 0 radical (unpaired) electrons. The number of carbonyl (C=O) groups excluding carboxylic acids is 2. The van der Waals surface area contributed by atoms with Gasteiger partial charge in [-0.25, -0.2) is 0 Å². The minimum atomic E-state index is -0.214. The Kier molecular flexibility index (Phi) is 6.02. The van der Waals surface area contributed by atoms with E-state index in [1.807, 2.05) is 32.0 Å². The van der Waals surface area contributed by atoms with Gasteiger partial charge in [0.05, 0.1) is 12.5 Å². The third kappa shape index (κ3) is 4.47. The molecule has 0 saturated carbocycles. The highest BCUT2D eigenvalue weighted by atomic mass is 16.5. The monoisotopic (exact) mass is 319 g/mol. The van der Waals surface area contributed by atoms with Crippen LogP contribution in [-0.4, -0.2) is 43.1 Å². The molecular formula is C18H25NO4. The number of likely N-dealkylation sites (tertiary alicyclic amines) is 1. The van der Waals surface area contributed by atoms with E-state index in [1.54, 1.807) is 11.8 Å². The molecule has 1 aromatic rings. The Hall–Kier alpha value is -2.04. The number of hydrogen-bond donors (Lipinski definition) is 0. The van der Waals surface area contributed by atoms with Gasteiger partial charge >= 0.3 is 5.97 Å². The summed E-state index contributed by atoms with van der Waals surface area (Å²) in [5.41, 5.74) is 2.18. The summed E-state index contributed by atoms with van der Waals surface area (Å²) in [4.78, 5) is 25.9. The van der Waals surface area contributed by atoms with Gasteiger partial charge in [-0.1, -0.05) is 12.1 Å². The van der Waals surface area contributed by atoms with Gasteiger partial charge in [-0.05, 0) is 50.8 Å². The van der Waals surface area contributed by atoms with Gasteiger partial charge in [0.15, 0.2) is 6.61 Å². The van der Waals surface area contributed by atoms with Gasteiger partial charge in [0.25, 0.3) is 5.91 Å². The molecular weight excluding hydrogens is 294 g/mol. The van der Waals surface area contributed by atoms with Crippen molar-refractivity contribution in [2.45, 2.75) is 33.6 Å². The Labute approximate surface area is 137 Å². The molecule has 1 aliphatic rings. The standard InChI is InChI=1S/C18H25NO4/c1-4-22-18(21)15-8-6-10-19(11-15)17(20)12-23-16-9-5-7-13(2)14(16)3/h5,7,9,15H,4,6,8,10-12H2,1-3H3/t15-/m1/s1. The summed E-state index contributed by atoms with van der Waals surface area (Å²) in [7, 11) is 0. The Balaban J connectivity index is 1.90. The maximum atomic E-state index is 12.3. The van der Waals surface area contributed by atoms with E-state index < -0.39 is 0 Å². The zero-order valence-corrected chi connectivity index (χ0v) is 14.1. The van der Waals surface area contributed by atoms with Crippen molar-refractivity contribution in [2.75, 3.05) is 26.3 Å². The van der Waals surface area contributed by atoms with Gasteiger partial charge in [0, 0.05) is 13.1 Å². The Morgan fingerprint density at radius 2 is 2.09 bits per heavy atom. The van der Waals surface area contributed by atoms with Crippen molar-refractivity contribution < 1.29 is 19.1 Å². The molecule has 0 N–H and O–H groups in total. The number of piperidine rings is 1. The van der Waals surface area contributed by atoms with Gasteiger partial charge < -0.3 is 14.4 Å². The molecule has 23 heavy (non-hydrogen) atoms. The summed E-state index contributed by atoms with van der Waals surface area (Å²) < 4.78 is 10.7.